The molecule has 5 rings (SSSR count). The average Bonchev–Trinajstić information content (AvgIpc) is 2.44. The molecule has 0 amide bonds. The summed E-state index contributed by atoms with van der Waals surface area (Å²) in [4.78, 5) is 0. The smallest absolute Gasteiger partial charge is 0.0604 e. The van der Waals surface area contributed by atoms with Crippen LogP contribution in [-0.2, 0) is 0 Å². The Labute approximate surface area is 73.2 Å². The molecule has 5 aliphatic rings. The van der Waals surface area contributed by atoms with Gasteiger partial charge in [0.2, 0.25) is 0 Å². The van der Waals surface area contributed by atoms with E-state index in [1.165, 1.54) is 25.7 Å². The van der Waals surface area contributed by atoms with Crippen LogP contribution in [0.15, 0.2) is 0 Å². The normalized spacial score (nSPS) is 71.2. The average molecular weight is 164 g/mol. The van der Waals surface area contributed by atoms with Crippen molar-refractivity contribution in [3.8, 4) is 0 Å². The highest BCUT2D eigenvalue weighted by atomic mass is 16.3. The molecule has 1 N–H and O–H groups in total. The topological polar surface area (TPSA) is 20.2 Å². The number of hydrogen-bond donors (Lipinski definition) is 1. The lowest BCUT2D eigenvalue weighted by atomic mass is 9.65. The van der Waals surface area contributed by atoms with Gasteiger partial charge in [-0.1, -0.05) is 0 Å². The fourth-order valence-corrected chi connectivity index (χ4v) is 5.22. The van der Waals surface area contributed by atoms with E-state index in [0.717, 1.165) is 35.5 Å². The standard InChI is InChI=1S/C11H16O/c12-11-9-4-8-5-1-6(9)3-7(2-5)10(8)11/h5-12H,1-4H2. The second-order valence-electron chi connectivity index (χ2n) is 5.62. The summed E-state index contributed by atoms with van der Waals surface area (Å²) in [6, 6.07) is 0. The van der Waals surface area contributed by atoms with Crippen LogP contribution in [0.1, 0.15) is 25.7 Å². The third-order valence-electron chi connectivity index (χ3n) is 5.44. The molecule has 0 aliphatic heterocycles. The molecule has 0 aromatic heterocycles. The summed E-state index contributed by atoms with van der Waals surface area (Å²) in [7, 11) is 0. The van der Waals surface area contributed by atoms with Crippen LogP contribution in [0.2, 0.25) is 0 Å². The van der Waals surface area contributed by atoms with Crippen molar-refractivity contribution in [2.45, 2.75) is 31.8 Å². The van der Waals surface area contributed by atoms with Crippen LogP contribution in [-0.4, -0.2) is 11.2 Å². The summed E-state index contributed by atoms with van der Waals surface area (Å²) < 4.78 is 0. The Morgan fingerprint density at radius 3 is 2.25 bits per heavy atom. The molecule has 1 heteroatoms. The van der Waals surface area contributed by atoms with Crippen molar-refractivity contribution in [1.29, 1.82) is 0 Å². The van der Waals surface area contributed by atoms with E-state index in [-0.39, 0.29) is 6.10 Å². The Morgan fingerprint density at radius 1 is 0.750 bits per heavy atom. The predicted molar refractivity (Wildman–Crippen MR) is 45.4 cm³/mol. The van der Waals surface area contributed by atoms with E-state index < -0.39 is 0 Å². The fourth-order valence-electron chi connectivity index (χ4n) is 5.22. The lowest BCUT2D eigenvalue weighted by Gasteiger charge is -2.42. The predicted octanol–water partition coefficient (Wildman–Crippen LogP) is 1.66. The SMILES string of the molecule is OC1C2CC3C4CC2CC(C4)C13. The van der Waals surface area contributed by atoms with E-state index in [0.29, 0.717) is 0 Å². The van der Waals surface area contributed by atoms with Crippen LogP contribution in [0.4, 0.5) is 0 Å². The Hall–Kier alpha value is -0.0400. The van der Waals surface area contributed by atoms with Crippen LogP contribution in [0.25, 0.3) is 0 Å². The van der Waals surface area contributed by atoms with Crippen LogP contribution in [0.5, 0.6) is 0 Å². The van der Waals surface area contributed by atoms with Gasteiger partial charge in [0.15, 0.2) is 0 Å². The molecule has 0 radical (unpaired) electrons. The molecule has 0 spiro atoms. The maximum atomic E-state index is 10.1. The molecule has 7 atom stereocenters. The van der Waals surface area contributed by atoms with Gasteiger partial charge in [-0.15, -0.1) is 0 Å². The minimum absolute atomic E-state index is 0.117. The van der Waals surface area contributed by atoms with Gasteiger partial charge < -0.3 is 5.11 Å². The monoisotopic (exact) mass is 164 g/mol. The number of hydrogen-bond acceptors (Lipinski definition) is 1. The van der Waals surface area contributed by atoms with Crippen molar-refractivity contribution < 1.29 is 5.11 Å². The van der Waals surface area contributed by atoms with Gasteiger partial charge in [-0.2, -0.15) is 0 Å². The summed E-state index contributed by atoms with van der Waals surface area (Å²) in [5.74, 6) is 5.33. The first-order valence-electron chi connectivity index (χ1n) is 5.52. The van der Waals surface area contributed by atoms with Crippen molar-refractivity contribution in [2.24, 2.45) is 35.5 Å². The molecule has 6 bridgehead atoms. The molecule has 0 saturated heterocycles. The Kier molecular flexibility index (Phi) is 0.934. The third-order valence-corrected chi connectivity index (χ3v) is 5.44. The van der Waals surface area contributed by atoms with Crippen molar-refractivity contribution in [1.82, 2.24) is 0 Å². The number of aliphatic hydroxyl groups excluding tert-OH is 1. The molecular weight excluding hydrogens is 148 g/mol. The van der Waals surface area contributed by atoms with Crippen molar-refractivity contribution >= 4 is 0 Å². The Balaban J connectivity index is 1.89. The maximum absolute atomic E-state index is 10.1. The van der Waals surface area contributed by atoms with Gasteiger partial charge >= 0.3 is 0 Å². The van der Waals surface area contributed by atoms with Gasteiger partial charge in [-0.25, -0.2) is 0 Å². The molecule has 5 saturated carbocycles. The number of aliphatic hydroxyl groups is 1. The molecule has 66 valence electrons. The largest absolute Gasteiger partial charge is 0.393 e. The van der Waals surface area contributed by atoms with E-state index >= 15 is 0 Å². The molecule has 0 aromatic carbocycles. The van der Waals surface area contributed by atoms with E-state index in [4.69, 9.17) is 0 Å². The molecule has 12 heavy (non-hydrogen) atoms. The van der Waals surface area contributed by atoms with Gasteiger partial charge in [-0.05, 0) is 61.2 Å². The number of rotatable bonds is 0. The summed E-state index contributed by atoms with van der Waals surface area (Å²) in [5.41, 5.74) is 0. The van der Waals surface area contributed by atoms with Crippen LogP contribution >= 0.6 is 0 Å². The maximum Gasteiger partial charge on any atom is 0.0604 e. The zero-order valence-corrected chi connectivity index (χ0v) is 7.32. The highest BCUT2D eigenvalue weighted by molar-refractivity contribution is 5.12. The van der Waals surface area contributed by atoms with Crippen LogP contribution < -0.4 is 0 Å². The molecule has 5 aliphatic carbocycles. The van der Waals surface area contributed by atoms with Gasteiger partial charge in [0, 0.05) is 0 Å². The lowest BCUT2D eigenvalue weighted by molar-refractivity contribution is -0.0134. The first-order valence-corrected chi connectivity index (χ1v) is 5.52. The van der Waals surface area contributed by atoms with Crippen molar-refractivity contribution in [2.75, 3.05) is 0 Å². The summed E-state index contributed by atoms with van der Waals surface area (Å²) >= 11 is 0. The van der Waals surface area contributed by atoms with Crippen LogP contribution in [0.3, 0.4) is 0 Å². The quantitative estimate of drug-likeness (QED) is 0.577. The highest BCUT2D eigenvalue weighted by Gasteiger charge is 2.63. The molecule has 0 heterocycles. The van der Waals surface area contributed by atoms with Gasteiger partial charge in [0.25, 0.3) is 0 Å². The van der Waals surface area contributed by atoms with Crippen LogP contribution in [0, 0.1) is 35.5 Å². The van der Waals surface area contributed by atoms with Gasteiger partial charge in [0.1, 0.15) is 0 Å². The first-order chi connectivity index (χ1) is 5.84. The molecule has 5 fully saturated rings. The summed E-state index contributed by atoms with van der Waals surface area (Å²) in [6.07, 6.45) is 5.91. The Morgan fingerprint density at radius 2 is 1.42 bits per heavy atom. The van der Waals surface area contributed by atoms with Crippen molar-refractivity contribution in [3.05, 3.63) is 0 Å². The first kappa shape index (κ1) is 6.42. The molecule has 1 nitrogen and oxygen atoms in total. The zero-order valence-electron chi connectivity index (χ0n) is 7.32. The molecular formula is C11H16O. The summed E-state index contributed by atoms with van der Waals surface area (Å²) in [6.45, 7) is 0. The van der Waals surface area contributed by atoms with E-state index in [1.807, 2.05) is 0 Å². The molecule has 7 unspecified atom stereocenters. The minimum Gasteiger partial charge on any atom is -0.393 e. The van der Waals surface area contributed by atoms with E-state index in [1.54, 1.807) is 0 Å². The fraction of sp³-hybridized carbons (Fsp3) is 1.00. The van der Waals surface area contributed by atoms with Gasteiger partial charge in [0.05, 0.1) is 6.10 Å². The van der Waals surface area contributed by atoms with E-state index in [2.05, 4.69) is 0 Å². The Bertz CT molecular complexity index is 231. The lowest BCUT2D eigenvalue weighted by Crippen LogP contribution is -2.39. The second kappa shape index (κ2) is 1.75. The van der Waals surface area contributed by atoms with E-state index in [9.17, 15) is 5.11 Å². The highest BCUT2D eigenvalue weighted by Crippen LogP contribution is 2.67. The van der Waals surface area contributed by atoms with Gasteiger partial charge in [-0.3, -0.25) is 0 Å². The summed E-state index contributed by atoms with van der Waals surface area (Å²) in [5, 5.41) is 10.1. The zero-order chi connectivity index (χ0) is 7.87. The molecule has 0 aromatic rings. The third kappa shape index (κ3) is 0.501. The second-order valence-corrected chi connectivity index (χ2v) is 5.62. The minimum atomic E-state index is 0.117. The van der Waals surface area contributed by atoms with Crippen molar-refractivity contribution in [3.63, 3.8) is 0 Å².